The van der Waals surface area contributed by atoms with Gasteiger partial charge in [0.25, 0.3) is 5.91 Å². The highest BCUT2D eigenvalue weighted by atomic mass is 32.1. The molecule has 6 heteroatoms. The van der Waals surface area contributed by atoms with E-state index in [1.54, 1.807) is 23.3 Å². The molecule has 1 aliphatic heterocycles. The Morgan fingerprint density at radius 3 is 2.86 bits per heavy atom. The van der Waals surface area contributed by atoms with Crippen LogP contribution in [0.15, 0.2) is 42.5 Å². The zero-order valence-corrected chi connectivity index (χ0v) is 17.4. The molecule has 0 saturated heterocycles. The van der Waals surface area contributed by atoms with Crippen LogP contribution in [0.2, 0.25) is 0 Å². The largest absolute Gasteiger partial charge is 0.483 e. The minimum absolute atomic E-state index is 0.0357. The number of aromatic nitrogens is 1. The number of hydrogen-bond donors (Lipinski definition) is 0. The van der Waals surface area contributed by atoms with Crippen LogP contribution in [0.1, 0.15) is 37.4 Å². The summed E-state index contributed by atoms with van der Waals surface area (Å²) in [5.41, 5.74) is 1.83. The quantitative estimate of drug-likeness (QED) is 0.632. The lowest BCUT2D eigenvalue weighted by molar-refractivity contribution is -0.134. The van der Waals surface area contributed by atoms with E-state index < -0.39 is 0 Å². The van der Waals surface area contributed by atoms with Crippen molar-refractivity contribution in [3.63, 3.8) is 0 Å². The lowest BCUT2D eigenvalue weighted by atomic mass is 10.0. The Labute approximate surface area is 168 Å². The molecule has 1 aliphatic rings. The molecule has 28 heavy (non-hydrogen) atoms. The number of benzene rings is 2. The molecule has 4 rings (SSSR count). The molecule has 1 atom stereocenters. The van der Waals surface area contributed by atoms with E-state index in [0.29, 0.717) is 5.75 Å². The van der Waals surface area contributed by atoms with Gasteiger partial charge in [-0.15, -0.1) is 11.3 Å². The van der Waals surface area contributed by atoms with Gasteiger partial charge in [-0.05, 0) is 39.0 Å². The molecule has 5 nitrogen and oxygen atoms in total. The fourth-order valence-electron chi connectivity index (χ4n) is 3.39. The van der Waals surface area contributed by atoms with E-state index in [0.717, 1.165) is 33.0 Å². The molecular weight excluding hydrogens is 372 g/mol. The van der Waals surface area contributed by atoms with Gasteiger partial charge in [0.2, 0.25) is 0 Å². The number of rotatable bonds is 5. The zero-order chi connectivity index (χ0) is 19.9. The number of nitrogens with zero attached hydrogens (tertiary/aromatic N) is 2. The van der Waals surface area contributed by atoms with E-state index in [1.165, 1.54) is 0 Å². The van der Waals surface area contributed by atoms with Crippen molar-refractivity contribution in [2.24, 2.45) is 0 Å². The van der Waals surface area contributed by atoms with Gasteiger partial charge in [0.05, 0.1) is 16.3 Å². The van der Waals surface area contributed by atoms with Crippen molar-refractivity contribution in [2.45, 2.75) is 38.8 Å². The van der Waals surface area contributed by atoms with Gasteiger partial charge in [-0.3, -0.25) is 4.79 Å². The van der Waals surface area contributed by atoms with Gasteiger partial charge in [0.15, 0.2) is 18.1 Å². The number of ether oxygens (including phenoxy) is 2. The van der Waals surface area contributed by atoms with Gasteiger partial charge in [0.1, 0.15) is 10.6 Å². The fourth-order valence-corrected chi connectivity index (χ4v) is 4.46. The van der Waals surface area contributed by atoms with Crippen LogP contribution in [-0.4, -0.2) is 35.0 Å². The summed E-state index contributed by atoms with van der Waals surface area (Å²) in [5, 5.41) is 0.919. The number of fused-ring (bicyclic) bond motifs is 2. The lowest BCUT2D eigenvalue weighted by Crippen LogP contribution is -2.33. The standard InChI is InChI=1S/C22H24N2O3S/c1-14(21-23-16-9-5-6-11-18(16)28-21)24(4)19(25)13-26-17-10-7-8-15-12-22(2,3)27-20(15)17/h5-11,14H,12-13H2,1-4H3/t14-/m1/s1. The Bertz CT molecular complexity index is 995. The predicted octanol–water partition coefficient (Wildman–Crippen LogP) is 4.61. The topological polar surface area (TPSA) is 51.7 Å². The number of para-hydroxylation sites is 2. The number of thiazole rings is 1. The van der Waals surface area contributed by atoms with E-state index in [9.17, 15) is 4.79 Å². The Kier molecular flexibility index (Phi) is 4.75. The molecule has 0 spiro atoms. The SMILES string of the molecule is C[C@H](c1nc2ccccc2s1)N(C)C(=O)COc1cccc2c1OC(C)(C)C2. The van der Waals surface area contributed by atoms with Crippen molar-refractivity contribution in [3.8, 4) is 11.5 Å². The third kappa shape index (κ3) is 3.56. The molecule has 0 N–H and O–H groups in total. The van der Waals surface area contributed by atoms with Gasteiger partial charge in [0, 0.05) is 19.0 Å². The van der Waals surface area contributed by atoms with Crippen molar-refractivity contribution in [1.29, 1.82) is 0 Å². The van der Waals surface area contributed by atoms with Crippen LogP contribution in [0.25, 0.3) is 10.2 Å². The monoisotopic (exact) mass is 396 g/mol. The fraction of sp³-hybridized carbons (Fsp3) is 0.364. The Morgan fingerprint density at radius 1 is 1.29 bits per heavy atom. The van der Waals surface area contributed by atoms with Crippen molar-refractivity contribution in [2.75, 3.05) is 13.7 Å². The highest BCUT2D eigenvalue weighted by Crippen LogP contribution is 2.41. The third-order valence-electron chi connectivity index (χ3n) is 5.05. The van der Waals surface area contributed by atoms with Crippen molar-refractivity contribution in [3.05, 3.63) is 53.0 Å². The summed E-state index contributed by atoms with van der Waals surface area (Å²) in [4.78, 5) is 19.1. The van der Waals surface area contributed by atoms with Crippen LogP contribution in [0.4, 0.5) is 0 Å². The van der Waals surface area contributed by atoms with Gasteiger partial charge in [-0.2, -0.15) is 0 Å². The molecule has 0 saturated carbocycles. The van der Waals surface area contributed by atoms with Crippen molar-refractivity contribution < 1.29 is 14.3 Å². The summed E-state index contributed by atoms with van der Waals surface area (Å²) in [6.45, 7) is 6.05. The molecule has 0 radical (unpaired) electrons. The number of amides is 1. The first-order valence-electron chi connectivity index (χ1n) is 9.39. The first-order chi connectivity index (χ1) is 13.3. The molecule has 0 fully saturated rings. The van der Waals surface area contributed by atoms with E-state index in [1.807, 2.05) is 49.4 Å². The van der Waals surface area contributed by atoms with Gasteiger partial charge < -0.3 is 14.4 Å². The second kappa shape index (κ2) is 7.09. The van der Waals surface area contributed by atoms with Gasteiger partial charge >= 0.3 is 0 Å². The number of carbonyl (C=O) groups excluding carboxylic acids is 1. The Hall–Kier alpha value is -2.60. The molecule has 0 unspecified atom stereocenters. The Morgan fingerprint density at radius 2 is 2.07 bits per heavy atom. The summed E-state index contributed by atoms with van der Waals surface area (Å²) >= 11 is 1.62. The molecule has 146 valence electrons. The van der Waals surface area contributed by atoms with Crippen LogP contribution in [0.5, 0.6) is 11.5 Å². The third-order valence-corrected chi connectivity index (χ3v) is 6.25. The van der Waals surface area contributed by atoms with Crippen LogP contribution in [0, 0.1) is 0 Å². The zero-order valence-electron chi connectivity index (χ0n) is 16.6. The summed E-state index contributed by atoms with van der Waals surface area (Å²) in [6, 6.07) is 13.7. The average molecular weight is 397 g/mol. The van der Waals surface area contributed by atoms with E-state index in [4.69, 9.17) is 9.47 Å². The Balaban J connectivity index is 1.44. The minimum Gasteiger partial charge on any atom is -0.483 e. The lowest BCUT2D eigenvalue weighted by Gasteiger charge is -2.23. The van der Waals surface area contributed by atoms with Crippen LogP contribution >= 0.6 is 11.3 Å². The van der Waals surface area contributed by atoms with Gasteiger partial charge in [-0.25, -0.2) is 4.98 Å². The summed E-state index contributed by atoms with van der Waals surface area (Å²) in [7, 11) is 1.79. The minimum atomic E-state index is -0.246. The molecule has 1 amide bonds. The number of hydrogen-bond acceptors (Lipinski definition) is 5. The second-order valence-electron chi connectivity index (χ2n) is 7.77. The first kappa shape index (κ1) is 18.7. The van der Waals surface area contributed by atoms with E-state index in [-0.39, 0.29) is 24.2 Å². The smallest absolute Gasteiger partial charge is 0.260 e. The second-order valence-corrected chi connectivity index (χ2v) is 8.83. The number of likely N-dealkylation sites (N-methyl/N-ethyl adjacent to an activating group) is 1. The predicted molar refractivity (Wildman–Crippen MR) is 111 cm³/mol. The molecule has 2 heterocycles. The molecule has 0 aliphatic carbocycles. The van der Waals surface area contributed by atoms with Crippen molar-refractivity contribution in [1.82, 2.24) is 9.88 Å². The highest BCUT2D eigenvalue weighted by Gasteiger charge is 2.32. The van der Waals surface area contributed by atoms with Crippen LogP contribution in [-0.2, 0) is 11.2 Å². The molecule has 1 aromatic heterocycles. The maximum atomic E-state index is 12.7. The van der Waals surface area contributed by atoms with Crippen LogP contribution < -0.4 is 9.47 Å². The van der Waals surface area contributed by atoms with Crippen LogP contribution in [0.3, 0.4) is 0 Å². The average Bonchev–Trinajstić information content (AvgIpc) is 3.24. The normalized spacial score (nSPS) is 15.7. The maximum Gasteiger partial charge on any atom is 0.260 e. The molecule has 3 aromatic rings. The van der Waals surface area contributed by atoms with Gasteiger partial charge in [-0.1, -0.05) is 24.3 Å². The number of carbonyl (C=O) groups is 1. The van der Waals surface area contributed by atoms with Crippen molar-refractivity contribution >= 4 is 27.5 Å². The molecular formula is C22H24N2O3S. The van der Waals surface area contributed by atoms with E-state index >= 15 is 0 Å². The summed E-state index contributed by atoms with van der Waals surface area (Å²) < 4.78 is 13.0. The maximum absolute atomic E-state index is 12.7. The summed E-state index contributed by atoms with van der Waals surface area (Å²) in [6.07, 6.45) is 0.835. The van der Waals surface area contributed by atoms with E-state index in [2.05, 4.69) is 18.8 Å². The highest BCUT2D eigenvalue weighted by molar-refractivity contribution is 7.18. The molecule has 2 aromatic carbocycles. The first-order valence-corrected chi connectivity index (χ1v) is 10.2. The summed E-state index contributed by atoms with van der Waals surface area (Å²) in [5.74, 6) is 1.28. The molecule has 0 bridgehead atoms.